The molecule has 1 heterocycles. The lowest BCUT2D eigenvalue weighted by Gasteiger charge is -2.36. The van der Waals surface area contributed by atoms with Crippen LogP contribution in [0, 0.1) is 0 Å². The summed E-state index contributed by atoms with van der Waals surface area (Å²) in [6.45, 7) is 7.52. The molecular formula is C25H30N2O6. The van der Waals surface area contributed by atoms with Gasteiger partial charge in [0.1, 0.15) is 5.75 Å². The maximum atomic E-state index is 14.0. The van der Waals surface area contributed by atoms with Crippen LogP contribution in [0.2, 0.25) is 0 Å². The van der Waals surface area contributed by atoms with Gasteiger partial charge in [0.25, 0.3) is 0 Å². The average Bonchev–Trinajstić information content (AvgIpc) is 3.12. The van der Waals surface area contributed by atoms with Gasteiger partial charge in [0, 0.05) is 23.8 Å². The highest BCUT2D eigenvalue weighted by atomic mass is 16.8. The Morgan fingerprint density at radius 2 is 2.06 bits per heavy atom. The van der Waals surface area contributed by atoms with E-state index in [1.54, 1.807) is 12.1 Å². The summed E-state index contributed by atoms with van der Waals surface area (Å²) in [5, 5.41) is 2.79. The van der Waals surface area contributed by atoms with Crippen LogP contribution in [0.1, 0.15) is 70.4 Å². The van der Waals surface area contributed by atoms with Gasteiger partial charge in [0.2, 0.25) is 17.2 Å². The number of amides is 1. The van der Waals surface area contributed by atoms with E-state index in [2.05, 4.69) is 5.32 Å². The largest absolute Gasteiger partial charge is 0.511 e. The van der Waals surface area contributed by atoms with E-state index in [0.29, 0.717) is 41.8 Å². The number of rotatable bonds is 6. The number of carbonyl (C=O) groups excluding carboxylic acids is 3. The first-order valence-electron chi connectivity index (χ1n) is 11.4. The van der Waals surface area contributed by atoms with E-state index < -0.39 is 29.2 Å². The lowest BCUT2D eigenvalue weighted by molar-refractivity contribution is -0.169. The third-order valence-electron chi connectivity index (χ3n) is 6.41. The SMILES string of the molecule is CCCCOC(=O)OC12Oc3cc(C(C)C)ccc3C1(NC(C)=O)C(=O)C1=C(N)CCC=C12. The first-order chi connectivity index (χ1) is 15.7. The summed E-state index contributed by atoms with van der Waals surface area (Å²) in [6, 6.07) is 5.45. The Labute approximate surface area is 193 Å². The van der Waals surface area contributed by atoms with Crippen LogP contribution >= 0.6 is 0 Å². The maximum absolute atomic E-state index is 14.0. The van der Waals surface area contributed by atoms with Crippen molar-refractivity contribution in [2.75, 3.05) is 6.61 Å². The third-order valence-corrected chi connectivity index (χ3v) is 6.41. The van der Waals surface area contributed by atoms with Gasteiger partial charge in [-0.15, -0.1) is 0 Å². The van der Waals surface area contributed by atoms with E-state index >= 15 is 0 Å². The second-order valence-corrected chi connectivity index (χ2v) is 9.00. The molecule has 2 atom stereocenters. The van der Waals surface area contributed by atoms with Crippen LogP contribution in [0.5, 0.6) is 5.75 Å². The van der Waals surface area contributed by atoms with Crippen molar-refractivity contribution in [1.82, 2.24) is 5.32 Å². The molecular weight excluding hydrogens is 424 g/mol. The van der Waals surface area contributed by atoms with E-state index in [-0.39, 0.29) is 18.1 Å². The standard InChI is InChI=1S/C25H30N2O6/c1-5-6-12-31-23(30)33-25-18-8-7-9-19(26)21(18)22(29)24(25,27-15(4)28)17-11-10-16(14(2)3)13-20(17)32-25/h8,10-11,13-14H,5-7,9,12,26H2,1-4H3,(H,27,28). The summed E-state index contributed by atoms with van der Waals surface area (Å²) < 4.78 is 17.5. The average molecular weight is 455 g/mol. The van der Waals surface area contributed by atoms with E-state index in [0.717, 1.165) is 12.0 Å². The number of ether oxygens (including phenoxy) is 3. The highest BCUT2D eigenvalue weighted by Crippen LogP contribution is 2.61. The van der Waals surface area contributed by atoms with Gasteiger partial charge in [0.05, 0.1) is 12.2 Å². The third kappa shape index (κ3) is 3.31. The fourth-order valence-electron chi connectivity index (χ4n) is 4.83. The number of hydrogen-bond donors (Lipinski definition) is 2. The Balaban J connectivity index is 1.94. The molecule has 0 bridgehead atoms. The Kier molecular flexibility index (Phi) is 5.72. The van der Waals surface area contributed by atoms with Gasteiger partial charge in [0.15, 0.2) is 0 Å². The van der Waals surface area contributed by atoms with Crippen LogP contribution in [0.3, 0.4) is 0 Å². The van der Waals surface area contributed by atoms with Crippen LogP contribution in [0.25, 0.3) is 0 Å². The second kappa shape index (κ2) is 8.24. The number of ketones is 1. The molecule has 8 nitrogen and oxygen atoms in total. The Bertz CT molecular complexity index is 1090. The molecule has 1 fully saturated rings. The van der Waals surface area contributed by atoms with Crippen molar-refractivity contribution < 1.29 is 28.6 Å². The molecule has 3 N–H and O–H groups in total. The van der Waals surface area contributed by atoms with E-state index in [9.17, 15) is 14.4 Å². The number of allylic oxidation sites excluding steroid dienone is 2. The van der Waals surface area contributed by atoms with Gasteiger partial charge in [-0.3, -0.25) is 9.59 Å². The predicted octanol–water partition coefficient (Wildman–Crippen LogP) is 3.70. The minimum atomic E-state index is -1.95. The summed E-state index contributed by atoms with van der Waals surface area (Å²) >= 11 is 0. The zero-order valence-corrected chi connectivity index (χ0v) is 19.4. The van der Waals surface area contributed by atoms with Crippen molar-refractivity contribution in [2.24, 2.45) is 5.73 Å². The first kappa shape index (κ1) is 22.9. The molecule has 1 aliphatic heterocycles. The van der Waals surface area contributed by atoms with Crippen LogP contribution in [0.4, 0.5) is 4.79 Å². The van der Waals surface area contributed by atoms with Gasteiger partial charge in [-0.2, -0.15) is 0 Å². The number of nitrogens with one attached hydrogen (secondary N) is 1. The molecule has 0 spiro atoms. The van der Waals surface area contributed by atoms with Crippen molar-refractivity contribution in [3.8, 4) is 5.75 Å². The molecule has 0 radical (unpaired) electrons. The van der Waals surface area contributed by atoms with Crippen molar-refractivity contribution in [3.63, 3.8) is 0 Å². The minimum Gasteiger partial charge on any atom is -0.445 e. The number of fused-ring (bicyclic) bond motifs is 5. The number of benzene rings is 1. The van der Waals surface area contributed by atoms with Crippen molar-refractivity contribution in [1.29, 1.82) is 0 Å². The number of nitrogens with two attached hydrogens (primary N) is 1. The van der Waals surface area contributed by atoms with Gasteiger partial charge >= 0.3 is 11.9 Å². The van der Waals surface area contributed by atoms with Crippen LogP contribution in [-0.2, 0) is 24.6 Å². The molecule has 1 amide bonds. The van der Waals surface area contributed by atoms with Gasteiger partial charge in [-0.25, -0.2) is 4.79 Å². The summed E-state index contributed by atoms with van der Waals surface area (Å²) in [5.41, 5.74) is 6.81. The molecule has 1 saturated carbocycles. The highest BCUT2D eigenvalue weighted by Gasteiger charge is 2.77. The van der Waals surface area contributed by atoms with E-state index in [1.165, 1.54) is 6.92 Å². The lowest BCUT2D eigenvalue weighted by Crippen LogP contribution is -2.63. The molecule has 176 valence electrons. The Morgan fingerprint density at radius 1 is 1.30 bits per heavy atom. The maximum Gasteiger partial charge on any atom is 0.511 e. The lowest BCUT2D eigenvalue weighted by atomic mass is 9.82. The fraction of sp³-hybridized carbons (Fsp3) is 0.480. The predicted molar refractivity (Wildman–Crippen MR) is 120 cm³/mol. The van der Waals surface area contributed by atoms with E-state index in [4.69, 9.17) is 19.9 Å². The number of carbonyl (C=O) groups is 3. The zero-order chi connectivity index (χ0) is 24.0. The van der Waals surface area contributed by atoms with Gasteiger partial charge < -0.3 is 25.3 Å². The normalized spacial score (nSPS) is 25.1. The first-order valence-corrected chi connectivity index (χ1v) is 11.4. The number of Topliss-reactive ketones (excluding diaryl/α,β-unsaturated/α-hetero) is 1. The molecule has 0 aromatic heterocycles. The van der Waals surface area contributed by atoms with Crippen LogP contribution in [0.15, 0.2) is 41.1 Å². The van der Waals surface area contributed by atoms with E-state index in [1.807, 2.05) is 32.9 Å². The van der Waals surface area contributed by atoms with Crippen molar-refractivity contribution in [3.05, 3.63) is 52.2 Å². The molecule has 4 rings (SSSR count). The highest BCUT2D eigenvalue weighted by molar-refractivity contribution is 6.15. The molecule has 8 heteroatoms. The monoisotopic (exact) mass is 454 g/mol. The number of unbranched alkanes of at least 4 members (excludes halogenated alkanes) is 1. The summed E-state index contributed by atoms with van der Waals surface area (Å²) in [4.78, 5) is 39.3. The summed E-state index contributed by atoms with van der Waals surface area (Å²) in [7, 11) is 0. The topological polar surface area (TPSA) is 117 Å². The quantitative estimate of drug-likeness (QED) is 0.497. The van der Waals surface area contributed by atoms with Crippen molar-refractivity contribution >= 4 is 17.8 Å². The summed E-state index contributed by atoms with van der Waals surface area (Å²) in [6.07, 6.45) is 3.34. The minimum absolute atomic E-state index is 0.167. The van der Waals surface area contributed by atoms with Gasteiger partial charge in [-0.05, 0) is 36.8 Å². The zero-order valence-electron chi connectivity index (χ0n) is 19.4. The molecule has 2 unspecified atom stereocenters. The fourth-order valence-corrected chi connectivity index (χ4v) is 4.83. The number of hydrogen-bond acceptors (Lipinski definition) is 7. The Hall–Kier alpha value is -3.29. The smallest absolute Gasteiger partial charge is 0.445 e. The van der Waals surface area contributed by atoms with Crippen molar-refractivity contribution in [2.45, 2.75) is 70.6 Å². The second-order valence-electron chi connectivity index (χ2n) is 9.00. The Morgan fingerprint density at radius 3 is 2.73 bits per heavy atom. The molecule has 1 aromatic rings. The molecule has 3 aliphatic rings. The summed E-state index contributed by atoms with van der Waals surface area (Å²) in [5.74, 6) is -2.31. The molecule has 0 saturated heterocycles. The molecule has 2 aliphatic carbocycles. The molecule has 1 aromatic carbocycles. The van der Waals surface area contributed by atoms with Crippen LogP contribution < -0.4 is 15.8 Å². The van der Waals surface area contributed by atoms with Crippen LogP contribution in [-0.4, -0.2) is 30.2 Å². The van der Waals surface area contributed by atoms with Gasteiger partial charge in [-0.1, -0.05) is 45.4 Å². The molecule has 33 heavy (non-hydrogen) atoms.